The van der Waals surface area contributed by atoms with Crippen LogP contribution in [0.1, 0.15) is 44.7 Å². The molecule has 1 unspecified atom stereocenters. The zero-order valence-electron chi connectivity index (χ0n) is 16.4. The van der Waals surface area contributed by atoms with Crippen LogP contribution in [0.3, 0.4) is 0 Å². The summed E-state index contributed by atoms with van der Waals surface area (Å²) in [6, 6.07) is 16.5. The Morgan fingerprint density at radius 2 is 1.78 bits per heavy atom. The van der Waals surface area contributed by atoms with Crippen LogP contribution in [-0.4, -0.2) is 18.0 Å². The molecule has 0 amide bonds. The van der Waals surface area contributed by atoms with Gasteiger partial charge in [0.2, 0.25) is 0 Å². The van der Waals surface area contributed by atoms with Crippen molar-refractivity contribution < 1.29 is 8.78 Å². The molecule has 1 atom stereocenters. The molecular weight excluding hydrogens is 342 g/mol. The molecule has 2 aromatic carbocycles. The topological polar surface area (TPSA) is 27.0 Å². The van der Waals surface area contributed by atoms with Gasteiger partial charge < -0.3 is 0 Å². The van der Waals surface area contributed by atoms with Crippen LogP contribution in [0.25, 0.3) is 0 Å². The predicted molar refractivity (Wildman–Crippen MR) is 105 cm³/mol. The summed E-state index contributed by atoms with van der Waals surface area (Å²) in [7, 11) is 0. The first-order valence-corrected chi connectivity index (χ1v) is 9.56. The van der Waals surface area contributed by atoms with E-state index in [4.69, 9.17) is 0 Å². The highest BCUT2D eigenvalue weighted by atomic mass is 19.2. The molecule has 0 N–H and O–H groups in total. The minimum Gasteiger partial charge on any atom is -0.299 e. The molecule has 0 aliphatic rings. The number of hydrogen-bond acceptors (Lipinski definition) is 2. The monoisotopic (exact) mass is 370 g/mol. The first-order chi connectivity index (χ1) is 12.9. The molecular formula is C23H28F2N2. The average Bonchev–Trinajstić information content (AvgIpc) is 2.67. The van der Waals surface area contributed by atoms with E-state index in [1.807, 2.05) is 32.0 Å². The van der Waals surface area contributed by atoms with E-state index in [9.17, 15) is 14.0 Å². The normalized spacial score (nSPS) is 13.6. The van der Waals surface area contributed by atoms with Crippen LogP contribution in [0.15, 0.2) is 48.5 Å². The number of nitriles is 1. The van der Waals surface area contributed by atoms with Gasteiger partial charge >= 0.3 is 0 Å². The SMILES string of the molecule is CCN(CCCC(C#N)(c1ccc(F)c(F)c1)C(C)C)Cc1ccccc1. The van der Waals surface area contributed by atoms with E-state index in [0.717, 1.165) is 32.1 Å². The zero-order chi connectivity index (χ0) is 19.9. The molecule has 27 heavy (non-hydrogen) atoms. The van der Waals surface area contributed by atoms with E-state index < -0.39 is 17.0 Å². The Kier molecular flexibility index (Phi) is 7.50. The summed E-state index contributed by atoms with van der Waals surface area (Å²) in [6.45, 7) is 8.69. The standard InChI is InChI=1S/C23H28F2N2/c1-4-27(16-19-9-6-5-7-10-19)14-8-13-23(17-26,18(2)3)20-11-12-21(24)22(25)15-20/h5-7,9-12,15,18H,4,8,13-14,16H2,1-3H3. The van der Waals surface area contributed by atoms with Crippen molar-refractivity contribution in [1.82, 2.24) is 4.90 Å². The third-order valence-corrected chi connectivity index (χ3v) is 5.36. The molecule has 0 bridgehead atoms. The minimum atomic E-state index is -0.896. The van der Waals surface area contributed by atoms with Crippen LogP contribution in [-0.2, 0) is 12.0 Å². The van der Waals surface area contributed by atoms with E-state index in [0.29, 0.717) is 12.0 Å². The molecule has 0 saturated carbocycles. The van der Waals surface area contributed by atoms with E-state index in [1.54, 1.807) is 6.07 Å². The molecule has 0 aliphatic heterocycles. The van der Waals surface area contributed by atoms with Gasteiger partial charge in [0.1, 0.15) is 0 Å². The van der Waals surface area contributed by atoms with E-state index in [2.05, 4.69) is 30.0 Å². The third kappa shape index (κ3) is 5.14. The second-order valence-electron chi connectivity index (χ2n) is 7.32. The summed E-state index contributed by atoms with van der Waals surface area (Å²) in [5.41, 5.74) is 1.00. The smallest absolute Gasteiger partial charge is 0.159 e. The van der Waals surface area contributed by atoms with Crippen molar-refractivity contribution in [3.05, 3.63) is 71.3 Å². The van der Waals surface area contributed by atoms with E-state index >= 15 is 0 Å². The van der Waals surface area contributed by atoms with Gasteiger partial charge in [-0.2, -0.15) is 5.26 Å². The Morgan fingerprint density at radius 1 is 1.07 bits per heavy atom. The molecule has 0 radical (unpaired) electrons. The Morgan fingerprint density at radius 3 is 2.33 bits per heavy atom. The lowest BCUT2D eigenvalue weighted by atomic mass is 9.70. The van der Waals surface area contributed by atoms with Crippen molar-refractivity contribution in [2.75, 3.05) is 13.1 Å². The molecule has 0 aliphatic carbocycles. The summed E-state index contributed by atoms with van der Waals surface area (Å²) in [5.74, 6) is -1.78. The maximum Gasteiger partial charge on any atom is 0.159 e. The summed E-state index contributed by atoms with van der Waals surface area (Å²) >= 11 is 0. The fraction of sp³-hybridized carbons (Fsp3) is 0.435. The van der Waals surface area contributed by atoms with Crippen molar-refractivity contribution >= 4 is 0 Å². The molecule has 2 rings (SSSR count). The largest absolute Gasteiger partial charge is 0.299 e. The highest BCUT2D eigenvalue weighted by molar-refractivity contribution is 5.34. The van der Waals surface area contributed by atoms with E-state index in [1.165, 1.54) is 11.6 Å². The van der Waals surface area contributed by atoms with Crippen molar-refractivity contribution in [3.8, 4) is 6.07 Å². The molecule has 2 nitrogen and oxygen atoms in total. The molecule has 0 spiro atoms. The molecule has 2 aromatic rings. The number of hydrogen-bond donors (Lipinski definition) is 0. The zero-order valence-corrected chi connectivity index (χ0v) is 16.4. The quantitative estimate of drug-likeness (QED) is 0.567. The van der Waals surface area contributed by atoms with Gasteiger partial charge in [-0.1, -0.05) is 57.2 Å². The Balaban J connectivity index is 2.10. The van der Waals surface area contributed by atoms with Crippen molar-refractivity contribution in [2.24, 2.45) is 5.92 Å². The fourth-order valence-electron chi connectivity index (χ4n) is 3.56. The molecule has 4 heteroatoms. The average molecular weight is 370 g/mol. The predicted octanol–water partition coefficient (Wildman–Crippen LogP) is 5.68. The van der Waals surface area contributed by atoms with Crippen molar-refractivity contribution in [2.45, 2.75) is 45.6 Å². The number of nitrogens with zero attached hydrogens (tertiary/aromatic N) is 2. The van der Waals surface area contributed by atoms with Gasteiger partial charge in [0.25, 0.3) is 0 Å². The second kappa shape index (κ2) is 9.62. The van der Waals surface area contributed by atoms with Gasteiger partial charge in [0, 0.05) is 6.54 Å². The first kappa shape index (κ1) is 21.1. The molecule has 0 heterocycles. The summed E-state index contributed by atoms with van der Waals surface area (Å²) in [5, 5.41) is 9.94. The van der Waals surface area contributed by atoms with Gasteiger partial charge in [-0.3, -0.25) is 4.90 Å². The number of benzene rings is 2. The van der Waals surface area contributed by atoms with Crippen LogP contribution >= 0.6 is 0 Å². The number of halogens is 2. The van der Waals surface area contributed by atoms with Gasteiger partial charge in [-0.25, -0.2) is 8.78 Å². The van der Waals surface area contributed by atoms with Gasteiger partial charge in [0.05, 0.1) is 11.5 Å². The maximum absolute atomic E-state index is 13.8. The summed E-state index contributed by atoms with van der Waals surface area (Å²) in [4.78, 5) is 2.34. The summed E-state index contributed by atoms with van der Waals surface area (Å²) in [6.07, 6.45) is 1.42. The van der Waals surface area contributed by atoms with Crippen LogP contribution in [0.2, 0.25) is 0 Å². The molecule has 144 valence electrons. The van der Waals surface area contributed by atoms with Crippen LogP contribution in [0.4, 0.5) is 8.78 Å². The van der Waals surface area contributed by atoms with Crippen LogP contribution in [0, 0.1) is 28.9 Å². The van der Waals surface area contributed by atoms with Crippen molar-refractivity contribution in [1.29, 1.82) is 5.26 Å². The maximum atomic E-state index is 13.8. The Hall–Kier alpha value is -2.25. The van der Waals surface area contributed by atoms with Gasteiger partial charge in [-0.15, -0.1) is 0 Å². The lowest BCUT2D eigenvalue weighted by Crippen LogP contribution is -2.33. The minimum absolute atomic E-state index is 0.00318. The lowest BCUT2D eigenvalue weighted by molar-refractivity contribution is 0.254. The number of rotatable bonds is 9. The van der Waals surface area contributed by atoms with Crippen molar-refractivity contribution in [3.63, 3.8) is 0 Å². The third-order valence-electron chi connectivity index (χ3n) is 5.36. The second-order valence-corrected chi connectivity index (χ2v) is 7.32. The Bertz CT molecular complexity index is 768. The molecule has 0 aromatic heterocycles. The molecule has 0 saturated heterocycles. The highest BCUT2D eigenvalue weighted by Gasteiger charge is 2.36. The first-order valence-electron chi connectivity index (χ1n) is 9.56. The fourth-order valence-corrected chi connectivity index (χ4v) is 3.56. The molecule has 0 fully saturated rings. The lowest BCUT2D eigenvalue weighted by Gasteiger charge is -2.32. The Labute approximate surface area is 161 Å². The highest BCUT2D eigenvalue weighted by Crippen LogP contribution is 2.37. The van der Waals surface area contributed by atoms with Crippen LogP contribution in [0.5, 0.6) is 0 Å². The van der Waals surface area contributed by atoms with E-state index in [-0.39, 0.29) is 5.92 Å². The summed E-state index contributed by atoms with van der Waals surface area (Å²) < 4.78 is 27.1. The van der Waals surface area contributed by atoms with Gasteiger partial charge in [-0.05, 0) is 55.1 Å². The van der Waals surface area contributed by atoms with Gasteiger partial charge in [0.15, 0.2) is 11.6 Å². The van der Waals surface area contributed by atoms with Crippen LogP contribution < -0.4 is 0 Å².